The van der Waals surface area contributed by atoms with E-state index in [9.17, 15) is 9.59 Å². The molecule has 0 unspecified atom stereocenters. The first-order chi connectivity index (χ1) is 14.0. The van der Waals surface area contributed by atoms with Crippen LogP contribution < -0.4 is 11.2 Å². The highest BCUT2D eigenvalue weighted by atomic mass is 79.9. The van der Waals surface area contributed by atoms with Crippen LogP contribution in [0.15, 0.2) is 67.1 Å². The third kappa shape index (κ3) is 3.55. The molecule has 0 spiro atoms. The van der Waals surface area contributed by atoms with Gasteiger partial charge in [0.15, 0.2) is 0 Å². The molecule has 0 aliphatic heterocycles. The van der Waals surface area contributed by atoms with Gasteiger partial charge in [0.1, 0.15) is 6.54 Å². The average molecular weight is 455 g/mol. The summed E-state index contributed by atoms with van der Waals surface area (Å²) in [4.78, 5) is 30.5. The van der Waals surface area contributed by atoms with Crippen molar-refractivity contribution in [3.05, 3.63) is 79.7 Å². The van der Waals surface area contributed by atoms with Crippen LogP contribution in [-0.2, 0) is 6.54 Å². The molecule has 0 aliphatic rings. The first-order valence-electron chi connectivity index (χ1n) is 9.32. The second-order valence-electron chi connectivity index (χ2n) is 6.84. The zero-order valence-corrected chi connectivity index (χ0v) is 17.6. The number of benzene rings is 2. The topological polar surface area (TPSA) is 82.9 Å². The van der Waals surface area contributed by atoms with Crippen LogP contribution in [0.25, 0.3) is 22.3 Å². The summed E-state index contributed by atoms with van der Waals surface area (Å²) in [6, 6.07) is 14.4. The lowest BCUT2D eigenvalue weighted by Crippen LogP contribution is -2.41. The van der Waals surface area contributed by atoms with E-state index in [0.717, 1.165) is 10.0 Å². The number of nitrogens with zero attached hydrogens (tertiary/aromatic N) is 4. The predicted molar refractivity (Wildman–Crippen MR) is 114 cm³/mol. The van der Waals surface area contributed by atoms with Gasteiger partial charge in [0, 0.05) is 16.1 Å². The Morgan fingerprint density at radius 2 is 1.93 bits per heavy atom. The van der Waals surface area contributed by atoms with Gasteiger partial charge in [-0.25, -0.2) is 4.79 Å². The van der Waals surface area contributed by atoms with Crippen molar-refractivity contribution in [2.45, 2.75) is 32.9 Å². The quantitative estimate of drug-likeness (QED) is 0.455. The molecule has 2 aromatic heterocycles. The summed E-state index contributed by atoms with van der Waals surface area (Å²) in [5, 5.41) is 4.52. The molecular formula is C21H19BrN4O3. The highest BCUT2D eigenvalue weighted by molar-refractivity contribution is 9.10. The number of hydrogen-bond acceptors (Lipinski definition) is 5. The highest BCUT2D eigenvalue weighted by Gasteiger charge is 2.18. The summed E-state index contributed by atoms with van der Waals surface area (Å²) in [7, 11) is 0. The maximum Gasteiger partial charge on any atom is 0.332 e. The fourth-order valence-corrected chi connectivity index (χ4v) is 3.66. The lowest BCUT2D eigenvalue weighted by atomic mass is 10.2. The van der Waals surface area contributed by atoms with E-state index in [-0.39, 0.29) is 23.8 Å². The summed E-state index contributed by atoms with van der Waals surface area (Å²) < 4.78 is 9.12. The van der Waals surface area contributed by atoms with Gasteiger partial charge in [0.25, 0.3) is 5.56 Å². The van der Waals surface area contributed by atoms with Crippen molar-refractivity contribution in [3.8, 4) is 11.4 Å². The Hall–Kier alpha value is -3.00. The number of para-hydroxylation sites is 1. The van der Waals surface area contributed by atoms with Gasteiger partial charge in [-0.05, 0) is 37.6 Å². The van der Waals surface area contributed by atoms with Gasteiger partial charge in [0.05, 0.1) is 10.9 Å². The van der Waals surface area contributed by atoms with E-state index in [1.165, 1.54) is 9.13 Å². The third-order valence-corrected chi connectivity index (χ3v) is 5.45. The molecule has 0 amide bonds. The van der Waals surface area contributed by atoms with Crippen molar-refractivity contribution in [2.75, 3.05) is 0 Å². The molecule has 0 saturated heterocycles. The molecule has 8 heteroatoms. The predicted octanol–water partition coefficient (Wildman–Crippen LogP) is 4.00. The molecule has 0 N–H and O–H groups in total. The molecular weight excluding hydrogens is 436 g/mol. The summed E-state index contributed by atoms with van der Waals surface area (Å²) in [6.45, 7) is 3.88. The van der Waals surface area contributed by atoms with Gasteiger partial charge >= 0.3 is 5.69 Å². The fourth-order valence-electron chi connectivity index (χ4n) is 3.26. The summed E-state index contributed by atoms with van der Waals surface area (Å²) >= 11 is 3.43. The smallest absolute Gasteiger partial charge is 0.332 e. The van der Waals surface area contributed by atoms with E-state index >= 15 is 0 Å². The van der Waals surface area contributed by atoms with Gasteiger partial charge in [-0.1, -0.05) is 52.3 Å². The normalized spacial score (nSPS) is 12.4. The number of rotatable bonds is 5. The van der Waals surface area contributed by atoms with Crippen LogP contribution in [0.2, 0.25) is 0 Å². The molecule has 4 aromatic rings. The van der Waals surface area contributed by atoms with Crippen molar-refractivity contribution in [3.63, 3.8) is 0 Å². The Labute approximate surface area is 174 Å². The highest BCUT2D eigenvalue weighted by Crippen LogP contribution is 2.21. The van der Waals surface area contributed by atoms with E-state index in [1.54, 1.807) is 24.3 Å². The first-order valence-corrected chi connectivity index (χ1v) is 10.1. The van der Waals surface area contributed by atoms with Crippen molar-refractivity contribution in [2.24, 2.45) is 0 Å². The van der Waals surface area contributed by atoms with Crippen molar-refractivity contribution < 1.29 is 4.52 Å². The van der Waals surface area contributed by atoms with E-state index in [4.69, 9.17) is 4.52 Å². The zero-order valence-electron chi connectivity index (χ0n) is 16.0. The monoisotopic (exact) mass is 454 g/mol. The molecule has 0 radical (unpaired) electrons. The first kappa shape index (κ1) is 19.3. The Morgan fingerprint density at radius 1 is 1.14 bits per heavy atom. The number of aromatic nitrogens is 4. The van der Waals surface area contributed by atoms with Gasteiger partial charge in [-0.3, -0.25) is 13.9 Å². The van der Waals surface area contributed by atoms with Gasteiger partial charge in [-0.2, -0.15) is 4.98 Å². The molecule has 0 bridgehead atoms. The Kier molecular flexibility index (Phi) is 5.19. The second kappa shape index (κ2) is 7.79. The molecule has 2 aromatic carbocycles. The molecule has 29 heavy (non-hydrogen) atoms. The molecule has 4 rings (SSSR count). The summed E-state index contributed by atoms with van der Waals surface area (Å²) in [5.41, 5.74) is 0.683. The van der Waals surface area contributed by atoms with Crippen molar-refractivity contribution in [1.29, 1.82) is 0 Å². The molecule has 7 nitrogen and oxygen atoms in total. The summed E-state index contributed by atoms with van der Waals surface area (Å²) in [5.74, 6) is 0.732. The molecule has 0 fully saturated rings. The molecule has 0 saturated carbocycles. The second-order valence-corrected chi connectivity index (χ2v) is 7.76. The number of hydrogen-bond donors (Lipinski definition) is 0. The van der Waals surface area contributed by atoms with Crippen molar-refractivity contribution >= 4 is 26.8 Å². The zero-order chi connectivity index (χ0) is 20.5. The van der Waals surface area contributed by atoms with Crippen molar-refractivity contribution in [1.82, 2.24) is 19.3 Å². The number of halogens is 1. The fraction of sp³-hybridized carbons (Fsp3) is 0.238. The van der Waals surface area contributed by atoms with E-state index < -0.39 is 0 Å². The van der Waals surface area contributed by atoms with Gasteiger partial charge in [0.2, 0.25) is 11.7 Å². The molecule has 0 aliphatic carbocycles. The van der Waals surface area contributed by atoms with E-state index in [1.807, 2.05) is 38.1 Å². The van der Waals surface area contributed by atoms with E-state index in [0.29, 0.717) is 29.0 Å². The molecule has 148 valence electrons. The van der Waals surface area contributed by atoms with Crippen LogP contribution >= 0.6 is 15.9 Å². The van der Waals surface area contributed by atoms with Gasteiger partial charge in [-0.15, -0.1) is 0 Å². The standard InChI is InChI=1S/C21H19BrN4O3/c1-3-13(2)26-20(27)16-9-4-5-10-17(16)25(21(26)28)12-18-23-19(24-29-18)14-7-6-8-15(22)11-14/h4-11,13H,3,12H2,1-2H3/t13-/m0/s1. The maximum absolute atomic E-state index is 13.2. The van der Waals surface area contributed by atoms with Crippen LogP contribution in [0.5, 0.6) is 0 Å². The van der Waals surface area contributed by atoms with Gasteiger partial charge < -0.3 is 4.52 Å². The third-order valence-electron chi connectivity index (χ3n) is 4.96. The molecule has 2 heterocycles. The molecule has 1 atom stereocenters. The van der Waals surface area contributed by atoms with E-state index in [2.05, 4.69) is 26.1 Å². The van der Waals surface area contributed by atoms with Crippen LogP contribution in [0.1, 0.15) is 32.2 Å². The van der Waals surface area contributed by atoms with Crippen LogP contribution in [0.4, 0.5) is 0 Å². The summed E-state index contributed by atoms with van der Waals surface area (Å²) in [6.07, 6.45) is 0.668. The Morgan fingerprint density at radius 3 is 2.69 bits per heavy atom. The van der Waals surface area contributed by atoms with Crippen LogP contribution in [0, 0.1) is 0 Å². The SMILES string of the molecule is CC[C@H](C)n1c(=O)c2ccccc2n(Cc2nc(-c3cccc(Br)c3)no2)c1=O. The Balaban J connectivity index is 1.83. The minimum Gasteiger partial charge on any atom is -0.337 e. The largest absolute Gasteiger partial charge is 0.337 e. The minimum atomic E-state index is -0.384. The lowest BCUT2D eigenvalue weighted by molar-refractivity contribution is 0.367. The average Bonchev–Trinajstić information content (AvgIpc) is 3.20. The number of fused-ring (bicyclic) bond motifs is 1. The minimum absolute atomic E-state index is 0.0804. The maximum atomic E-state index is 13.2. The van der Waals surface area contributed by atoms with Crippen LogP contribution in [-0.4, -0.2) is 19.3 Å². The van der Waals surface area contributed by atoms with Crippen LogP contribution in [0.3, 0.4) is 0 Å². The lowest BCUT2D eigenvalue weighted by Gasteiger charge is -2.16. The Bertz CT molecular complexity index is 1310.